The van der Waals surface area contributed by atoms with E-state index in [1.807, 2.05) is 0 Å². The Bertz CT molecular complexity index is 1380. The van der Waals surface area contributed by atoms with Gasteiger partial charge in [-0.3, -0.25) is 14.4 Å². The Kier molecular flexibility index (Phi) is 6.84. The van der Waals surface area contributed by atoms with Crippen LogP contribution >= 0.6 is 0 Å². The maximum atomic E-state index is 13.6. The van der Waals surface area contributed by atoms with Gasteiger partial charge in [0.1, 0.15) is 23.7 Å². The van der Waals surface area contributed by atoms with Crippen molar-refractivity contribution in [2.75, 3.05) is 6.61 Å². The van der Waals surface area contributed by atoms with Gasteiger partial charge < -0.3 is 45.8 Å². The van der Waals surface area contributed by atoms with Crippen LogP contribution in [0.1, 0.15) is 74.4 Å². The Hall–Kier alpha value is -3.23. The fourth-order valence-corrected chi connectivity index (χ4v) is 5.81. The number of carbonyl (C=O) groups excluding carboxylic acids is 3. The van der Waals surface area contributed by atoms with E-state index >= 15 is 0 Å². The molecule has 1 heterocycles. The normalized spacial score (nSPS) is 29.9. The van der Waals surface area contributed by atoms with E-state index in [2.05, 4.69) is 0 Å². The lowest BCUT2D eigenvalue weighted by molar-refractivity contribution is -0.247. The van der Waals surface area contributed by atoms with Gasteiger partial charge in [0.25, 0.3) is 0 Å². The summed E-state index contributed by atoms with van der Waals surface area (Å²) in [5.74, 6) is -4.00. The number of hydrogen-bond donors (Lipinski definition) is 7. The zero-order valence-electron chi connectivity index (χ0n) is 21.0. The number of Topliss-reactive ketones (excluding diaryl/α,β-unsaturated/α-hetero) is 1. The van der Waals surface area contributed by atoms with Crippen molar-refractivity contribution >= 4 is 17.3 Å². The molecule has 1 fully saturated rings. The van der Waals surface area contributed by atoms with Crippen LogP contribution in [0.2, 0.25) is 0 Å². The maximum absolute atomic E-state index is 13.6. The second kappa shape index (κ2) is 9.75. The largest absolute Gasteiger partial charge is 0.507 e. The number of hydrogen-bond acceptors (Lipinski definition) is 12. The number of ketones is 3. The van der Waals surface area contributed by atoms with Gasteiger partial charge >= 0.3 is 0 Å². The summed E-state index contributed by atoms with van der Waals surface area (Å²) in [4.78, 5) is 39.7. The van der Waals surface area contributed by atoms with Gasteiger partial charge in [0, 0.05) is 47.6 Å². The van der Waals surface area contributed by atoms with Gasteiger partial charge in [0.2, 0.25) is 0 Å². The van der Waals surface area contributed by atoms with Crippen LogP contribution in [0.4, 0.5) is 0 Å². The maximum Gasteiger partial charge on any atom is 0.198 e. The fourth-order valence-electron chi connectivity index (χ4n) is 5.81. The van der Waals surface area contributed by atoms with Gasteiger partial charge in [0.05, 0.1) is 36.0 Å². The van der Waals surface area contributed by atoms with E-state index < -0.39 is 102 Å². The molecule has 12 nitrogen and oxygen atoms in total. The molecule has 0 spiro atoms. The van der Waals surface area contributed by atoms with Crippen LogP contribution in [0.25, 0.3) is 0 Å². The first-order valence-corrected chi connectivity index (χ1v) is 12.5. The zero-order valence-corrected chi connectivity index (χ0v) is 21.0. The van der Waals surface area contributed by atoms with Crippen LogP contribution in [-0.2, 0) is 27.3 Å². The molecule has 0 radical (unpaired) electrons. The number of carbonyl (C=O) groups is 3. The van der Waals surface area contributed by atoms with Crippen molar-refractivity contribution in [3.8, 4) is 11.5 Å². The molecule has 1 aliphatic heterocycles. The minimum absolute atomic E-state index is 0.00600. The Morgan fingerprint density at radius 2 is 1.82 bits per heavy atom. The molecule has 6 atom stereocenters. The van der Waals surface area contributed by atoms with Crippen LogP contribution in [-0.4, -0.2) is 84.7 Å². The Morgan fingerprint density at radius 1 is 1.13 bits per heavy atom. The number of fused-ring (bicyclic) bond motifs is 3. The average molecular weight is 544 g/mol. The molecular formula is C27H29NO11. The van der Waals surface area contributed by atoms with E-state index in [1.165, 1.54) is 18.2 Å². The topological polar surface area (TPSA) is 217 Å². The number of phenolic OH excluding ortho intramolecular Hbond substituents is 2. The molecule has 0 aromatic heterocycles. The molecule has 3 aliphatic rings. The number of ether oxygens (including phenoxy) is 2. The number of aromatic hydroxyl groups is 2. The highest BCUT2D eigenvalue weighted by Gasteiger charge is 2.50. The van der Waals surface area contributed by atoms with Gasteiger partial charge in [0.15, 0.2) is 23.6 Å². The smallest absolute Gasteiger partial charge is 0.198 e. The molecule has 208 valence electrons. The van der Waals surface area contributed by atoms with Crippen LogP contribution in [0.5, 0.6) is 11.5 Å². The molecule has 5 rings (SSSR count). The summed E-state index contributed by atoms with van der Waals surface area (Å²) in [6, 6.07) is 3.53. The first-order chi connectivity index (χ1) is 18.4. The van der Waals surface area contributed by atoms with Crippen LogP contribution in [0.3, 0.4) is 0 Å². The standard InChI is InChI=1S/C27H29NO11/c1-10-22(32)14(28)5-17(38-10)39-15-7-27(37,16(31)9-30)6-13-19(15)26(36)21-20(24(13)34)23(33)12-4-2-3-11(8-29)18(12)25(21)35/h2-4,10,14-15,17,22,29-30,32,34,36-37H,5-9,28H2,1H3/t10?,14-,15?,17+,22+,27+/m1/s1. The minimum Gasteiger partial charge on any atom is -0.507 e. The lowest BCUT2D eigenvalue weighted by Gasteiger charge is -2.42. The van der Waals surface area contributed by atoms with Crippen LogP contribution < -0.4 is 5.73 Å². The average Bonchev–Trinajstić information content (AvgIpc) is 2.90. The first-order valence-electron chi connectivity index (χ1n) is 12.5. The minimum atomic E-state index is -2.25. The highest BCUT2D eigenvalue weighted by molar-refractivity contribution is 6.31. The molecule has 2 aromatic carbocycles. The first kappa shape index (κ1) is 27.3. The second-order valence-corrected chi connectivity index (χ2v) is 10.3. The zero-order chi connectivity index (χ0) is 28.4. The Balaban J connectivity index is 1.69. The third kappa shape index (κ3) is 4.16. The molecule has 0 amide bonds. The van der Waals surface area contributed by atoms with Gasteiger partial charge in [-0.1, -0.05) is 18.2 Å². The molecule has 1 saturated heterocycles. The van der Waals surface area contributed by atoms with Gasteiger partial charge in [-0.05, 0) is 12.5 Å². The Labute approximate surface area is 222 Å². The summed E-state index contributed by atoms with van der Waals surface area (Å²) < 4.78 is 11.7. The number of aliphatic hydroxyl groups excluding tert-OH is 3. The molecule has 39 heavy (non-hydrogen) atoms. The van der Waals surface area contributed by atoms with E-state index in [0.717, 1.165) is 0 Å². The van der Waals surface area contributed by atoms with E-state index in [9.17, 15) is 45.0 Å². The van der Waals surface area contributed by atoms with E-state index in [-0.39, 0.29) is 34.2 Å². The SMILES string of the molecule is CC1O[C@@H](OC2C[C@](O)(C(=O)CO)Cc3c(O)c4c(c(O)c32)C(=O)c2c(CO)cccc2C4=O)C[C@@H](N)[C@H]1O. The van der Waals surface area contributed by atoms with Crippen molar-refractivity contribution in [3.63, 3.8) is 0 Å². The number of rotatable bonds is 5. The Morgan fingerprint density at radius 3 is 2.46 bits per heavy atom. The summed E-state index contributed by atoms with van der Waals surface area (Å²) in [6.07, 6.45) is -5.21. The van der Waals surface area contributed by atoms with Gasteiger partial charge in [-0.25, -0.2) is 0 Å². The molecule has 0 bridgehead atoms. The summed E-state index contributed by atoms with van der Waals surface area (Å²) in [6.45, 7) is -0.0137. The fraction of sp³-hybridized carbons (Fsp3) is 0.444. The highest BCUT2D eigenvalue weighted by atomic mass is 16.7. The molecule has 2 aromatic rings. The quantitative estimate of drug-likeness (QED) is 0.202. The summed E-state index contributed by atoms with van der Waals surface area (Å²) in [7, 11) is 0. The summed E-state index contributed by atoms with van der Waals surface area (Å²) in [5, 5.41) is 63.4. The predicted molar refractivity (Wildman–Crippen MR) is 131 cm³/mol. The van der Waals surface area contributed by atoms with Crippen molar-refractivity contribution in [1.29, 1.82) is 0 Å². The van der Waals surface area contributed by atoms with E-state index in [4.69, 9.17) is 15.2 Å². The molecule has 12 heteroatoms. The number of nitrogens with two attached hydrogens (primary N) is 1. The summed E-state index contributed by atoms with van der Waals surface area (Å²) in [5.41, 5.74) is 2.35. The second-order valence-electron chi connectivity index (χ2n) is 10.3. The van der Waals surface area contributed by atoms with Gasteiger partial charge in [-0.2, -0.15) is 0 Å². The van der Waals surface area contributed by atoms with Crippen molar-refractivity contribution < 1.29 is 54.5 Å². The molecule has 0 saturated carbocycles. The lowest BCUT2D eigenvalue weighted by atomic mass is 9.71. The molecule has 2 aliphatic carbocycles. The summed E-state index contributed by atoms with van der Waals surface area (Å²) >= 11 is 0. The van der Waals surface area contributed by atoms with Crippen LogP contribution in [0, 0.1) is 0 Å². The van der Waals surface area contributed by atoms with Crippen molar-refractivity contribution in [1.82, 2.24) is 0 Å². The third-order valence-corrected chi connectivity index (χ3v) is 7.88. The number of aliphatic hydroxyl groups is 4. The van der Waals surface area contributed by atoms with Crippen molar-refractivity contribution in [2.45, 2.75) is 69.0 Å². The number of benzene rings is 2. The predicted octanol–water partition coefficient (Wildman–Crippen LogP) is -0.515. The van der Waals surface area contributed by atoms with E-state index in [1.54, 1.807) is 6.92 Å². The third-order valence-electron chi connectivity index (χ3n) is 7.88. The monoisotopic (exact) mass is 543 g/mol. The van der Waals surface area contributed by atoms with Gasteiger partial charge in [-0.15, -0.1) is 0 Å². The molecule has 2 unspecified atom stereocenters. The van der Waals surface area contributed by atoms with E-state index in [0.29, 0.717) is 0 Å². The lowest BCUT2D eigenvalue weighted by Crippen LogP contribution is -2.53. The van der Waals surface area contributed by atoms with Crippen molar-refractivity contribution in [2.24, 2.45) is 5.73 Å². The molecular weight excluding hydrogens is 514 g/mol. The van der Waals surface area contributed by atoms with Crippen molar-refractivity contribution in [3.05, 3.63) is 57.1 Å². The highest BCUT2D eigenvalue weighted by Crippen LogP contribution is 2.52. The van der Waals surface area contributed by atoms with Crippen LogP contribution in [0.15, 0.2) is 18.2 Å². The number of phenols is 2. The molecule has 8 N–H and O–H groups in total.